The molecule has 1 saturated heterocycles. The van der Waals surface area contributed by atoms with E-state index in [1.165, 1.54) is 0 Å². The van der Waals surface area contributed by atoms with Gasteiger partial charge in [-0.3, -0.25) is 0 Å². The molecule has 0 bridgehead atoms. The van der Waals surface area contributed by atoms with Gasteiger partial charge in [0.1, 0.15) is 22.6 Å². The number of rotatable bonds is 7. The van der Waals surface area contributed by atoms with Gasteiger partial charge < -0.3 is 14.4 Å². The molecule has 33 heavy (non-hydrogen) atoms. The molecule has 170 valence electrons. The van der Waals surface area contributed by atoms with Crippen LogP contribution in [0.4, 0.5) is 5.82 Å². The Hall–Kier alpha value is -3.23. The average Bonchev–Trinajstić information content (AvgIpc) is 3.40. The van der Waals surface area contributed by atoms with Crippen LogP contribution < -0.4 is 19.1 Å². The minimum Gasteiger partial charge on any atom is -0.493 e. The van der Waals surface area contributed by atoms with E-state index in [1.54, 1.807) is 14.2 Å². The highest BCUT2D eigenvalue weighted by molar-refractivity contribution is 7.83. The standard InChI is InChI=1S/C25H26N4O3S/c1-31-21-14-19-20(15-22(21)32-2)27-24(28-25(19)29-12-5-6-13-29)16-26-33(30)23-11-7-9-17-8-3-4-10-18(17)23/h3-4,7-11,14-15,26H,5-6,12-13,16H2,1-2H3. The summed E-state index contributed by atoms with van der Waals surface area (Å²) in [7, 11) is 1.84. The minimum atomic E-state index is -1.40. The number of hydrogen-bond donors (Lipinski definition) is 1. The van der Waals surface area contributed by atoms with E-state index in [-0.39, 0.29) is 6.54 Å². The van der Waals surface area contributed by atoms with Crippen LogP contribution in [0.5, 0.6) is 11.5 Å². The first kappa shape index (κ1) is 21.6. The fraction of sp³-hybridized carbons (Fsp3) is 0.280. The van der Waals surface area contributed by atoms with Gasteiger partial charge in [0, 0.05) is 24.5 Å². The molecule has 1 N–H and O–H groups in total. The molecule has 1 fully saturated rings. The molecular formula is C25H26N4O3S. The molecule has 4 aromatic rings. The van der Waals surface area contributed by atoms with Gasteiger partial charge in [0.25, 0.3) is 0 Å². The third kappa shape index (κ3) is 4.24. The lowest BCUT2D eigenvalue weighted by Crippen LogP contribution is -2.23. The van der Waals surface area contributed by atoms with Crippen LogP contribution in [0.3, 0.4) is 0 Å². The van der Waals surface area contributed by atoms with E-state index in [4.69, 9.17) is 19.4 Å². The quantitative estimate of drug-likeness (QED) is 0.443. The van der Waals surface area contributed by atoms with Crippen LogP contribution in [0.25, 0.3) is 21.7 Å². The highest BCUT2D eigenvalue weighted by Gasteiger charge is 2.20. The number of nitrogens with zero attached hydrogens (tertiary/aromatic N) is 3. The molecular weight excluding hydrogens is 436 g/mol. The van der Waals surface area contributed by atoms with E-state index in [9.17, 15) is 4.21 Å². The Kier molecular flexibility index (Phi) is 6.11. The third-order valence-corrected chi connectivity index (χ3v) is 7.11. The second-order valence-corrected chi connectivity index (χ2v) is 9.22. The average molecular weight is 463 g/mol. The Labute approximate surface area is 195 Å². The van der Waals surface area contributed by atoms with Crippen molar-refractivity contribution in [2.75, 3.05) is 32.2 Å². The highest BCUT2D eigenvalue weighted by Crippen LogP contribution is 2.36. The monoisotopic (exact) mass is 462 g/mol. The summed E-state index contributed by atoms with van der Waals surface area (Å²) in [4.78, 5) is 12.6. The van der Waals surface area contributed by atoms with Gasteiger partial charge in [0.05, 0.1) is 31.2 Å². The smallest absolute Gasteiger partial charge is 0.162 e. The normalized spacial score (nSPS) is 14.7. The molecule has 1 aliphatic heterocycles. The second kappa shape index (κ2) is 9.33. The lowest BCUT2D eigenvalue weighted by molar-refractivity contribution is 0.355. The molecule has 0 aliphatic carbocycles. The van der Waals surface area contributed by atoms with Crippen LogP contribution >= 0.6 is 0 Å². The number of methoxy groups -OCH3 is 2. The molecule has 0 amide bonds. The topological polar surface area (TPSA) is 76.6 Å². The molecule has 2 heterocycles. The van der Waals surface area contributed by atoms with Crippen LogP contribution in [0, 0.1) is 0 Å². The number of fused-ring (bicyclic) bond motifs is 2. The first-order valence-corrected chi connectivity index (χ1v) is 12.1. The molecule has 1 unspecified atom stereocenters. The highest BCUT2D eigenvalue weighted by atomic mass is 32.2. The number of benzene rings is 3. The van der Waals surface area contributed by atoms with Crippen molar-refractivity contribution < 1.29 is 13.7 Å². The minimum absolute atomic E-state index is 0.279. The molecule has 8 heteroatoms. The predicted molar refractivity (Wildman–Crippen MR) is 131 cm³/mol. The first-order chi connectivity index (χ1) is 16.2. The van der Waals surface area contributed by atoms with Crippen LogP contribution in [0.1, 0.15) is 18.7 Å². The molecule has 1 aliphatic rings. The van der Waals surface area contributed by atoms with E-state index in [1.807, 2.05) is 54.6 Å². The number of anilines is 1. The Morgan fingerprint density at radius 2 is 1.67 bits per heavy atom. The van der Waals surface area contributed by atoms with Gasteiger partial charge in [-0.25, -0.2) is 18.9 Å². The number of nitrogens with one attached hydrogen (secondary N) is 1. The van der Waals surface area contributed by atoms with E-state index >= 15 is 0 Å². The van der Waals surface area contributed by atoms with Gasteiger partial charge >= 0.3 is 0 Å². The zero-order valence-electron chi connectivity index (χ0n) is 18.7. The number of ether oxygens (including phenoxy) is 2. The molecule has 1 atom stereocenters. The maximum Gasteiger partial charge on any atom is 0.162 e. The molecule has 0 spiro atoms. The van der Waals surface area contributed by atoms with Crippen molar-refractivity contribution in [2.24, 2.45) is 0 Å². The van der Waals surface area contributed by atoms with Crippen molar-refractivity contribution >= 4 is 38.5 Å². The molecule has 7 nitrogen and oxygen atoms in total. The van der Waals surface area contributed by atoms with Gasteiger partial charge in [-0.15, -0.1) is 0 Å². The summed E-state index contributed by atoms with van der Waals surface area (Å²) in [6, 6.07) is 17.6. The summed E-state index contributed by atoms with van der Waals surface area (Å²) in [6.07, 6.45) is 2.27. The Bertz CT molecular complexity index is 1330. The van der Waals surface area contributed by atoms with Crippen LogP contribution in [0.15, 0.2) is 59.5 Å². The fourth-order valence-corrected chi connectivity index (χ4v) is 5.30. The van der Waals surface area contributed by atoms with Gasteiger partial charge in [-0.05, 0) is 35.7 Å². The maximum absolute atomic E-state index is 13.1. The number of aromatic nitrogens is 2. The Balaban J connectivity index is 1.49. The summed E-state index contributed by atoms with van der Waals surface area (Å²) in [5.74, 6) is 2.74. The Morgan fingerprint density at radius 3 is 2.45 bits per heavy atom. The van der Waals surface area contributed by atoms with E-state index in [2.05, 4.69) is 9.62 Å². The Morgan fingerprint density at radius 1 is 0.939 bits per heavy atom. The van der Waals surface area contributed by atoms with Crippen molar-refractivity contribution in [2.45, 2.75) is 24.3 Å². The van der Waals surface area contributed by atoms with E-state index in [0.717, 1.165) is 58.3 Å². The lowest BCUT2D eigenvalue weighted by Gasteiger charge is -2.20. The molecule has 3 aromatic carbocycles. The largest absolute Gasteiger partial charge is 0.493 e. The van der Waals surface area contributed by atoms with Crippen LogP contribution in [-0.4, -0.2) is 41.5 Å². The van der Waals surface area contributed by atoms with Gasteiger partial charge in [0.2, 0.25) is 0 Å². The molecule has 0 saturated carbocycles. The van der Waals surface area contributed by atoms with Crippen molar-refractivity contribution in [3.8, 4) is 11.5 Å². The van der Waals surface area contributed by atoms with E-state index in [0.29, 0.717) is 17.3 Å². The van der Waals surface area contributed by atoms with Crippen LogP contribution in [-0.2, 0) is 17.5 Å². The molecule has 0 radical (unpaired) electrons. The predicted octanol–water partition coefficient (Wildman–Crippen LogP) is 4.21. The van der Waals surface area contributed by atoms with Crippen molar-refractivity contribution in [1.82, 2.24) is 14.7 Å². The lowest BCUT2D eigenvalue weighted by atomic mass is 10.1. The zero-order chi connectivity index (χ0) is 22.8. The number of hydrogen-bond acceptors (Lipinski definition) is 6. The third-order valence-electron chi connectivity index (χ3n) is 5.94. The summed E-state index contributed by atoms with van der Waals surface area (Å²) in [5, 5.41) is 2.96. The molecule has 5 rings (SSSR count). The van der Waals surface area contributed by atoms with Gasteiger partial charge in [0.15, 0.2) is 11.5 Å². The SMILES string of the molecule is COc1cc2nc(CNS(=O)c3cccc4ccccc34)nc(N3CCCC3)c2cc1OC. The van der Waals surface area contributed by atoms with Gasteiger partial charge in [-0.1, -0.05) is 36.4 Å². The summed E-state index contributed by atoms with van der Waals surface area (Å²) in [6.45, 7) is 2.19. The van der Waals surface area contributed by atoms with Gasteiger partial charge in [-0.2, -0.15) is 0 Å². The summed E-state index contributed by atoms with van der Waals surface area (Å²) < 4.78 is 27.2. The van der Waals surface area contributed by atoms with Crippen molar-refractivity contribution in [3.63, 3.8) is 0 Å². The zero-order valence-corrected chi connectivity index (χ0v) is 19.5. The summed E-state index contributed by atoms with van der Waals surface area (Å²) >= 11 is 0. The summed E-state index contributed by atoms with van der Waals surface area (Å²) in [5.41, 5.74) is 0.775. The maximum atomic E-state index is 13.1. The first-order valence-electron chi connectivity index (χ1n) is 11.0. The van der Waals surface area contributed by atoms with Crippen molar-refractivity contribution in [1.29, 1.82) is 0 Å². The molecule has 1 aromatic heterocycles. The fourth-order valence-electron chi connectivity index (χ4n) is 4.30. The second-order valence-electron chi connectivity index (χ2n) is 7.95. The van der Waals surface area contributed by atoms with E-state index < -0.39 is 11.0 Å². The van der Waals surface area contributed by atoms with Crippen molar-refractivity contribution in [3.05, 3.63) is 60.4 Å². The van der Waals surface area contributed by atoms with Crippen LogP contribution in [0.2, 0.25) is 0 Å².